The maximum absolute atomic E-state index is 5.19. The Morgan fingerprint density at radius 2 is 1.31 bits per heavy atom. The van der Waals surface area contributed by atoms with E-state index in [9.17, 15) is 0 Å². The summed E-state index contributed by atoms with van der Waals surface area (Å²) in [5.41, 5.74) is 5.32. The Morgan fingerprint density at radius 1 is 0.769 bits per heavy atom. The van der Waals surface area contributed by atoms with Crippen LogP contribution in [-0.2, 0) is 12.8 Å². The zero-order valence-corrected chi connectivity index (χ0v) is 16.3. The van der Waals surface area contributed by atoms with Gasteiger partial charge in [-0.15, -0.1) is 0 Å². The molecule has 1 aliphatic rings. The number of nitrogens with one attached hydrogen (secondary N) is 1. The van der Waals surface area contributed by atoms with Crippen LogP contribution >= 0.6 is 0 Å². The van der Waals surface area contributed by atoms with Gasteiger partial charge in [-0.2, -0.15) is 0 Å². The molecule has 1 aliphatic heterocycles. The van der Waals surface area contributed by atoms with E-state index in [1.54, 1.807) is 0 Å². The monoisotopic (exact) mass is 348 g/mol. The van der Waals surface area contributed by atoms with Crippen molar-refractivity contribution in [1.82, 2.24) is 5.32 Å². The highest BCUT2D eigenvalue weighted by molar-refractivity contribution is 5.82. The lowest BCUT2D eigenvalue weighted by molar-refractivity contribution is 0.607. The number of rotatable bonds is 5. The summed E-state index contributed by atoms with van der Waals surface area (Å²) in [6.45, 7) is 5.46. The Morgan fingerprint density at radius 3 is 1.85 bits per heavy atom. The van der Waals surface area contributed by atoms with Crippen LogP contribution in [0.25, 0.3) is 0 Å². The molecular formula is C24H32N2. The van der Waals surface area contributed by atoms with Crippen molar-refractivity contribution in [3.8, 4) is 0 Å². The minimum absolute atomic E-state index is 0.0775. The third-order valence-electron chi connectivity index (χ3n) is 5.36. The van der Waals surface area contributed by atoms with E-state index in [-0.39, 0.29) is 6.04 Å². The largest absolute Gasteiger partial charge is 0.374 e. The molecule has 0 radical (unpaired) electrons. The zero-order valence-electron chi connectivity index (χ0n) is 16.3. The summed E-state index contributed by atoms with van der Waals surface area (Å²) < 4.78 is 0. The van der Waals surface area contributed by atoms with Crippen LogP contribution in [0.4, 0.5) is 0 Å². The molecule has 1 N–H and O–H groups in total. The van der Waals surface area contributed by atoms with Gasteiger partial charge in [-0.3, -0.25) is 4.99 Å². The predicted molar refractivity (Wildman–Crippen MR) is 112 cm³/mol. The van der Waals surface area contributed by atoms with E-state index in [4.69, 9.17) is 4.99 Å². The molecule has 0 atom stereocenters. The van der Waals surface area contributed by atoms with E-state index in [0.29, 0.717) is 0 Å². The molecule has 2 aromatic rings. The lowest BCUT2D eigenvalue weighted by atomic mass is 9.96. The number of benzene rings is 2. The zero-order chi connectivity index (χ0) is 18.2. The van der Waals surface area contributed by atoms with Crippen LogP contribution in [0.3, 0.4) is 0 Å². The number of amidine groups is 1. The quantitative estimate of drug-likeness (QED) is 0.720. The van der Waals surface area contributed by atoms with E-state index < -0.39 is 0 Å². The molecule has 0 bridgehead atoms. The molecule has 0 amide bonds. The van der Waals surface area contributed by atoms with Crippen LogP contribution in [0.15, 0.2) is 53.5 Å². The predicted octanol–water partition coefficient (Wildman–Crippen LogP) is 5.85. The number of aryl methyl sites for hydroxylation is 2. The summed E-state index contributed by atoms with van der Waals surface area (Å²) in [5, 5.41) is 3.59. The number of nitrogens with zero attached hydrogens (tertiary/aromatic N) is 1. The van der Waals surface area contributed by atoms with Gasteiger partial charge in [0.05, 0.1) is 5.84 Å². The standard InChI is InChI=1S/C24H32N2/c1-3-19-10-14-21(15-11-19)24(22-16-12-20(4-2)13-17-22)26-23-9-7-5-6-8-18-25-23/h10-17,24H,3-9,18H2,1-2H3,(H,25,26). The second-order valence-corrected chi connectivity index (χ2v) is 7.26. The maximum atomic E-state index is 5.19. The molecule has 1 fully saturated rings. The van der Waals surface area contributed by atoms with Crippen LogP contribution in [0.2, 0.25) is 0 Å². The van der Waals surface area contributed by atoms with E-state index in [2.05, 4.69) is 67.7 Å². The van der Waals surface area contributed by atoms with Gasteiger partial charge in [0.15, 0.2) is 0 Å². The van der Waals surface area contributed by atoms with E-state index in [0.717, 1.165) is 25.8 Å². The van der Waals surface area contributed by atoms with Crippen molar-refractivity contribution in [3.05, 3.63) is 70.8 Å². The van der Waals surface area contributed by atoms with Crippen LogP contribution in [0.5, 0.6) is 0 Å². The number of hydrogen-bond donors (Lipinski definition) is 1. The molecule has 3 rings (SSSR count). The van der Waals surface area contributed by atoms with Gasteiger partial charge in [-0.05, 0) is 47.9 Å². The van der Waals surface area contributed by atoms with E-state index in [1.807, 2.05) is 0 Å². The molecule has 0 aliphatic carbocycles. The summed E-state index contributed by atoms with van der Waals surface area (Å²) in [5.74, 6) is 1.17. The first-order chi connectivity index (χ1) is 12.8. The van der Waals surface area contributed by atoms with Crippen molar-refractivity contribution in [2.45, 2.75) is 64.8 Å². The van der Waals surface area contributed by atoms with E-state index in [1.165, 1.54) is 53.8 Å². The van der Waals surface area contributed by atoms with Gasteiger partial charge in [0.2, 0.25) is 0 Å². The second-order valence-electron chi connectivity index (χ2n) is 7.26. The third kappa shape index (κ3) is 4.97. The van der Waals surface area contributed by atoms with Gasteiger partial charge in [0, 0.05) is 13.0 Å². The fourth-order valence-corrected chi connectivity index (χ4v) is 3.57. The SMILES string of the molecule is CCc1ccc(C(/N=C2/CCCCCCN2)c2ccc(CC)cc2)cc1. The fourth-order valence-electron chi connectivity index (χ4n) is 3.57. The Hall–Kier alpha value is -2.09. The Bertz CT molecular complexity index is 640. The number of hydrogen-bond acceptors (Lipinski definition) is 1. The van der Waals surface area contributed by atoms with Gasteiger partial charge in [-0.25, -0.2) is 0 Å². The minimum atomic E-state index is 0.0775. The average Bonchev–Trinajstić information content (AvgIpc) is 2.68. The van der Waals surface area contributed by atoms with Gasteiger partial charge in [0.1, 0.15) is 6.04 Å². The first-order valence-corrected chi connectivity index (χ1v) is 10.3. The van der Waals surface area contributed by atoms with Crippen LogP contribution in [0.1, 0.15) is 74.2 Å². The summed E-state index contributed by atoms with van der Waals surface area (Å²) in [4.78, 5) is 5.19. The summed E-state index contributed by atoms with van der Waals surface area (Å²) in [6.07, 6.45) is 8.36. The van der Waals surface area contributed by atoms with Crippen LogP contribution in [0, 0.1) is 0 Å². The first kappa shape index (κ1) is 18.7. The molecule has 1 saturated heterocycles. The van der Waals surface area contributed by atoms with Crippen molar-refractivity contribution >= 4 is 5.84 Å². The Balaban J connectivity index is 1.93. The van der Waals surface area contributed by atoms with Crippen molar-refractivity contribution < 1.29 is 0 Å². The second kappa shape index (κ2) is 9.56. The summed E-state index contributed by atoms with van der Waals surface area (Å²) in [6, 6.07) is 18.1. The number of aliphatic imine (C=N–C) groups is 1. The molecule has 138 valence electrons. The first-order valence-electron chi connectivity index (χ1n) is 10.3. The van der Waals surface area contributed by atoms with Crippen LogP contribution in [-0.4, -0.2) is 12.4 Å². The Labute approximate surface area is 158 Å². The molecule has 0 aromatic heterocycles. The molecular weight excluding hydrogens is 316 g/mol. The molecule has 2 heteroatoms. The van der Waals surface area contributed by atoms with Crippen molar-refractivity contribution in [3.63, 3.8) is 0 Å². The van der Waals surface area contributed by atoms with Crippen LogP contribution < -0.4 is 5.32 Å². The fraction of sp³-hybridized carbons (Fsp3) is 0.458. The van der Waals surface area contributed by atoms with Gasteiger partial charge >= 0.3 is 0 Å². The third-order valence-corrected chi connectivity index (χ3v) is 5.36. The molecule has 0 spiro atoms. The summed E-state index contributed by atoms with van der Waals surface area (Å²) in [7, 11) is 0. The van der Waals surface area contributed by atoms with Gasteiger partial charge in [0.25, 0.3) is 0 Å². The molecule has 0 saturated carbocycles. The molecule has 0 unspecified atom stereocenters. The topological polar surface area (TPSA) is 24.4 Å². The van der Waals surface area contributed by atoms with Crippen molar-refractivity contribution in [1.29, 1.82) is 0 Å². The van der Waals surface area contributed by atoms with Crippen molar-refractivity contribution in [2.24, 2.45) is 4.99 Å². The smallest absolute Gasteiger partial charge is 0.102 e. The van der Waals surface area contributed by atoms with Gasteiger partial charge < -0.3 is 5.32 Å². The minimum Gasteiger partial charge on any atom is -0.374 e. The highest BCUT2D eigenvalue weighted by atomic mass is 15.0. The van der Waals surface area contributed by atoms with E-state index >= 15 is 0 Å². The average molecular weight is 349 g/mol. The lowest BCUT2D eigenvalue weighted by Gasteiger charge is -2.19. The highest BCUT2D eigenvalue weighted by Gasteiger charge is 2.15. The lowest BCUT2D eigenvalue weighted by Crippen LogP contribution is -2.27. The summed E-state index contributed by atoms with van der Waals surface area (Å²) >= 11 is 0. The van der Waals surface area contributed by atoms with Crippen molar-refractivity contribution in [2.75, 3.05) is 6.54 Å². The highest BCUT2D eigenvalue weighted by Crippen LogP contribution is 2.28. The molecule has 2 aromatic carbocycles. The molecule has 26 heavy (non-hydrogen) atoms. The molecule has 2 nitrogen and oxygen atoms in total. The van der Waals surface area contributed by atoms with Gasteiger partial charge in [-0.1, -0.05) is 75.2 Å². The Kier molecular flexibility index (Phi) is 6.88. The molecule has 1 heterocycles. The maximum Gasteiger partial charge on any atom is 0.102 e. The normalized spacial score (nSPS) is 17.0.